The van der Waals surface area contributed by atoms with Crippen LogP contribution in [0.15, 0.2) is 209 Å². The lowest BCUT2D eigenvalue weighted by atomic mass is 9.74. The predicted octanol–water partition coefficient (Wildman–Crippen LogP) is 15.3. The average molecular weight is 787 g/mol. The SMILES string of the molecule is CC1(c2ccccc2)c2cc(-c3cccc4c3Sc3c(ccc5c3-c3ccccc3C5(C)c3ccccc3)S4)ccc2-c2c1ccc1c2Sc2ccccc2S1. The van der Waals surface area contributed by atoms with Crippen LogP contribution in [0.4, 0.5) is 0 Å². The summed E-state index contributed by atoms with van der Waals surface area (Å²) in [5.74, 6) is 0. The van der Waals surface area contributed by atoms with Gasteiger partial charge in [-0.25, -0.2) is 0 Å². The van der Waals surface area contributed by atoms with Crippen molar-refractivity contribution in [2.75, 3.05) is 0 Å². The zero-order valence-electron chi connectivity index (χ0n) is 30.8. The molecule has 8 aromatic carbocycles. The van der Waals surface area contributed by atoms with Gasteiger partial charge < -0.3 is 0 Å². The lowest BCUT2D eigenvalue weighted by molar-refractivity contribution is 0.712. The van der Waals surface area contributed by atoms with E-state index in [0.717, 1.165) is 0 Å². The normalized spacial score (nSPS) is 19.1. The molecule has 0 bridgehead atoms. The van der Waals surface area contributed by atoms with E-state index in [1.165, 1.54) is 106 Å². The third-order valence-electron chi connectivity index (χ3n) is 12.6. The van der Waals surface area contributed by atoms with Crippen LogP contribution in [0.3, 0.4) is 0 Å². The van der Waals surface area contributed by atoms with Gasteiger partial charge in [0.1, 0.15) is 0 Å². The van der Waals surface area contributed by atoms with E-state index in [-0.39, 0.29) is 10.8 Å². The van der Waals surface area contributed by atoms with Crippen molar-refractivity contribution in [3.05, 3.63) is 203 Å². The Kier molecular flexibility index (Phi) is 7.33. The van der Waals surface area contributed by atoms with E-state index in [4.69, 9.17) is 0 Å². The molecule has 2 heterocycles. The zero-order chi connectivity index (χ0) is 37.2. The molecule has 8 aromatic rings. The largest absolute Gasteiger partial charge is 0.0877 e. The molecule has 56 heavy (non-hydrogen) atoms. The van der Waals surface area contributed by atoms with Crippen molar-refractivity contribution >= 4 is 47.0 Å². The molecule has 0 nitrogen and oxygen atoms in total. The maximum Gasteiger partial charge on any atom is 0.0436 e. The molecule has 4 aliphatic rings. The van der Waals surface area contributed by atoms with Crippen molar-refractivity contribution in [1.82, 2.24) is 0 Å². The molecule has 2 aliphatic carbocycles. The van der Waals surface area contributed by atoms with Crippen LogP contribution in [0, 0.1) is 0 Å². The second kappa shape index (κ2) is 12.3. The Labute approximate surface area is 345 Å². The number of benzene rings is 8. The van der Waals surface area contributed by atoms with Crippen molar-refractivity contribution in [3.8, 4) is 33.4 Å². The number of hydrogen-bond donors (Lipinski definition) is 0. The van der Waals surface area contributed by atoms with Crippen molar-refractivity contribution in [1.29, 1.82) is 0 Å². The maximum atomic E-state index is 2.52. The first kappa shape index (κ1) is 33.3. The van der Waals surface area contributed by atoms with Gasteiger partial charge in [0.15, 0.2) is 0 Å². The van der Waals surface area contributed by atoms with Crippen LogP contribution in [-0.4, -0.2) is 0 Å². The van der Waals surface area contributed by atoms with Gasteiger partial charge in [0.05, 0.1) is 0 Å². The third kappa shape index (κ3) is 4.56. The molecule has 0 N–H and O–H groups in total. The van der Waals surface area contributed by atoms with Gasteiger partial charge in [-0.15, -0.1) is 0 Å². The van der Waals surface area contributed by atoms with Gasteiger partial charge in [-0.05, 0) is 106 Å². The second-order valence-electron chi connectivity index (χ2n) is 15.4. The topological polar surface area (TPSA) is 0 Å². The first-order valence-electron chi connectivity index (χ1n) is 19.2. The zero-order valence-corrected chi connectivity index (χ0v) is 34.1. The minimum Gasteiger partial charge on any atom is -0.0877 e. The molecule has 12 rings (SSSR count). The van der Waals surface area contributed by atoms with Crippen LogP contribution in [0.2, 0.25) is 0 Å². The van der Waals surface area contributed by atoms with Gasteiger partial charge in [-0.3, -0.25) is 0 Å². The summed E-state index contributed by atoms with van der Waals surface area (Å²) < 4.78 is 0. The molecule has 0 fully saturated rings. The van der Waals surface area contributed by atoms with Gasteiger partial charge >= 0.3 is 0 Å². The molecular formula is C52H34S4. The lowest BCUT2D eigenvalue weighted by Crippen LogP contribution is -2.22. The van der Waals surface area contributed by atoms with E-state index >= 15 is 0 Å². The first-order valence-corrected chi connectivity index (χ1v) is 22.4. The number of fused-ring (bicyclic) bond motifs is 12. The van der Waals surface area contributed by atoms with Crippen LogP contribution in [0.1, 0.15) is 47.2 Å². The summed E-state index contributed by atoms with van der Waals surface area (Å²) in [5, 5.41) is 0. The molecule has 0 spiro atoms. The molecule has 4 heteroatoms. The number of hydrogen-bond acceptors (Lipinski definition) is 4. The minimum atomic E-state index is -0.297. The highest BCUT2D eigenvalue weighted by Gasteiger charge is 2.45. The predicted molar refractivity (Wildman–Crippen MR) is 236 cm³/mol. The smallest absolute Gasteiger partial charge is 0.0436 e. The van der Waals surface area contributed by atoms with E-state index < -0.39 is 0 Å². The van der Waals surface area contributed by atoms with Crippen LogP contribution < -0.4 is 0 Å². The van der Waals surface area contributed by atoms with E-state index in [1.807, 2.05) is 47.0 Å². The molecule has 0 radical (unpaired) electrons. The minimum absolute atomic E-state index is 0.220. The Bertz CT molecular complexity index is 2950. The molecule has 0 saturated carbocycles. The highest BCUT2D eigenvalue weighted by atomic mass is 32.2. The van der Waals surface area contributed by atoms with Gasteiger partial charge in [0.2, 0.25) is 0 Å². The summed E-state index contributed by atoms with van der Waals surface area (Å²) in [5.41, 5.74) is 15.8. The summed E-state index contributed by atoms with van der Waals surface area (Å²) in [6.07, 6.45) is 0. The summed E-state index contributed by atoms with van der Waals surface area (Å²) >= 11 is 7.74. The maximum absolute atomic E-state index is 2.52. The van der Waals surface area contributed by atoms with Crippen LogP contribution in [0.5, 0.6) is 0 Å². The quantitative estimate of drug-likeness (QED) is 0.175. The van der Waals surface area contributed by atoms with Crippen molar-refractivity contribution in [2.45, 2.75) is 63.8 Å². The third-order valence-corrected chi connectivity index (χ3v) is 17.8. The number of rotatable bonds is 3. The molecule has 0 aromatic heterocycles. The Hall–Kier alpha value is -4.84. The fraction of sp³-hybridized carbons (Fsp3) is 0.0769. The average Bonchev–Trinajstić information content (AvgIpc) is 3.68. The Morgan fingerprint density at radius 3 is 1.52 bits per heavy atom. The molecule has 2 atom stereocenters. The molecule has 2 aliphatic heterocycles. The first-order chi connectivity index (χ1) is 27.5. The summed E-state index contributed by atoms with van der Waals surface area (Å²) in [4.78, 5) is 10.8. The van der Waals surface area contributed by atoms with Gasteiger partial charge in [0, 0.05) is 61.1 Å². The summed E-state index contributed by atoms with van der Waals surface area (Å²) in [7, 11) is 0. The second-order valence-corrected chi connectivity index (χ2v) is 19.6. The van der Waals surface area contributed by atoms with E-state index in [9.17, 15) is 0 Å². The van der Waals surface area contributed by atoms with Crippen molar-refractivity contribution in [2.24, 2.45) is 0 Å². The van der Waals surface area contributed by atoms with Crippen molar-refractivity contribution in [3.63, 3.8) is 0 Å². The highest BCUT2D eigenvalue weighted by molar-refractivity contribution is 8.05. The Morgan fingerprint density at radius 2 is 0.821 bits per heavy atom. The standard InChI is InChI=1S/C52H34S4/c1-51(32-14-5-3-6-15-32)37-20-10-9-18-35(37)46-38(51)26-29-45-50(46)56-48-34(19-13-23-43(48)54-45)31-24-25-36-40(30-31)52(2,33-16-7-4-8-17-33)39-27-28-44-49(47(36)39)55-42-22-12-11-21-41(42)53-44/h3-30H,1-2H3. The Morgan fingerprint density at radius 1 is 0.321 bits per heavy atom. The molecule has 2 unspecified atom stereocenters. The highest BCUT2D eigenvalue weighted by Crippen LogP contribution is 2.63. The lowest BCUT2D eigenvalue weighted by Gasteiger charge is -2.30. The van der Waals surface area contributed by atoms with E-state index in [2.05, 4.69) is 184 Å². The van der Waals surface area contributed by atoms with E-state index in [1.54, 1.807) is 0 Å². The van der Waals surface area contributed by atoms with Gasteiger partial charge in [-0.1, -0.05) is 181 Å². The fourth-order valence-corrected chi connectivity index (χ4v) is 14.8. The monoisotopic (exact) mass is 786 g/mol. The van der Waals surface area contributed by atoms with E-state index in [0.29, 0.717) is 0 Å². The molecule has 0 amide bonds. The summed E-state index contributed by atoms with van der Waals surface area (Å²) in [6.45, 7) is 4.86. The Balaban J connectivity index is 1.02. The summed E-state index contributed by atoms with van der Waals surface area (Å²) in [6, 6.07) is 64.0. The van der Waals surface area contributed by atoms with Crippen molar-refractivity contribution < 1.29 is 0 Å². The van der Waals surface area contributed by atoms with Crippen LogP contribution in [-0.2, 0) is 10.8 Å². The fourth-order valence-electron chi connectivity index (χ4n) is 9.79. The van der Waals surface area contributed by atoms with Crippen LogP contribution >= 0.6 is 47.0 Å². The molecule has 266 valence electrons. The molecular weight excluding hydrogens is 753 g/mol. The van der Waals surface area contributed by atoms with Crippen LogP contribution in [0.25, 0.3) is 33.4 Å². The van der Waals surface area contributed by atoms with Gasteiger partial charge in [-0.2, -0.15) is 0 Å². The van der Waals surface area contributed by atoms with Gasteiger partial charge in [0.25, 0.3) is 0 Å². The molecule has 0 saturated heterocycles.